The third-order valence-electron chi connectivity index (χ3n) is 2.86. The first kappa shape index (κ1) is 15.6. The summed E-state index contributed by atoms with van der Waals surface area (Å²) in [5.74, 6) is -3.23. The molecule has 8 heteroatoms. The highest BCUT2D eigenvalue weighted by atomic mass is 16.7. The topological polar surface area (TPSA) is 119 Å². The molecule has 0 aliphatic carbocycles. The van der Waals surface area contributed by atoms with E-state index >= 15 is 0 Å². The maximum absolute atomic E-state index is 11.7. The summed E-state index contributed by atoms with van der Waals surface area (Å²) in [7, 11) is 1.41. The lowest BCUT2D eigenvalue weighted by Gasteiger charge is -2.28. The summed E-state index contributed by atoms with van der Waals surface area (Å²) >= 11 is 0. The number of hydrogen-bond donors (Lipinski definition) is 4. The first-order chi connectivity index (χ1) is 8.81. The monoisotopic (exact) mass is 274 g/mol. The summed E-state index contributed by atoms with van der Waals surface area (Å²) in [5, 5.41) is 29.7. The van der Waals surface area contributed by atoms with E-state index in [1.807, 2.05) is 0 Å². The largest absolute Gasteiger partial charge is 0.346 e. The van der Waals surface area contributed by atoms with Crippen molar-refractivity contribution < 1.29 is 29.6 Å². The zero-order valence-electron chi connectivity index (χ0n) is 10.7. The average molecular weight is 274 g/mol. The minimum atomic E-state index is -2.97. The molecule has 1 saturated heterocycles. The Labute approximate surface area is 110 Å². The second-order valence-electron chi connectivity index (χ2n) is 4.36. The number of carbonyl (C=O) groups is 2. The lowest BCUT2D eigenvalue weighted by molar-refractivity contribution is -0.359. The van der Waals surface area contributed by atoms with Crippen molar-refractivity contribution in [3.05, 3.63) is 12.3 Å². The quantitative estimate of drug-likeness (QED) is 0.288. The normalized spacial score (nSPS) is 27.5. The molecule has 0 radical (unpaired) electrons. The number of amides is 2. The zero-order valence-corrected chi connectivity index (χ0v) is 10.7. The average Bonchev–Trinajstić information content (AvgIpc) is 2.71. The molecule has 0 aromatic heterocycles. The summed E-state index contributed by atoms with van der Waals surface area (Å²) in [6.45, 7) is 1.72. The van der Waals surface area contributed by atoms with Crippen LogP contribution in [0.15, 0.2) is 12.3 Å². The highest BCUT2D eigenvalue weighted by Crippen LogP contribution is 2.32. The molecule has 1 aliphatic rings. The number of ether oxygens (including phenoxy) is 1. The number of rotatable bonds is 4. The van der Waals surface area contributed by atoms with Crippen LogP contribution in [0.3, 0.4) is 0 Å². The molecule has 8 nitrogen and oxygen atoms in total. The lowest BCUT2D eigenvalue weighted by Crippen LogP contribution is -2.46. The number of allylic oxidation sites excluding steroid dienone is 1. The Bertz CT molecular complexity index is 365. The minimum absolute atomic E-state index is 0.149. The van der Waals surface area contributed by atoms with Crippen molar-refractivity contribution in [2.24, 2.45) is 5.92 Å². The van der Waals surface area contributed by atoms with Crippen LogP contribution in [-0.2, 0) is 9.53 Å². The highest BCUT2D eigenvalue weighted by Gasteiger charge is 2.46. The van der Waals surface area contributed by atoms with Gasteiger partial charge in [0.1, 0.15) is 18.6 Å². The molecule has 0 saturated carbocycles. The van der Waals surface area contributed by atoms with Crippen molar-refractivity contribution in [1.29, 1.82) is 0 Å². The van der Waals surface area contributed by atoms with Crippen LogP contribution in [0.2, 0.25) is 0 Å². The van der Waals surface area contributed by atoms with Gasteiger partial charge in [-0.15, -0.1) is 0 Å². The molecule has 1 heterocycles. The maximum Gasteiger partial charge on any atom is 0.323 e. The molecule has 0 bridgehead atoms. The summed E-state index contributed by atoms with van der Waals surface area (Å²) < 4.78 is 5.27. The number of urea groups is 1. The van der Waals surface area contributed by atoms with E-state index in [-0.39, 0.29) is 12.3 Å². The van der Waals surface area contributed by atoms with Crippen LogP contribution in [-0.4, -0.2) is 57.9 Å². The minimum Gasteiger partial charge on any atom is -0.346 e. The number of aldehydes is 1. The van der Waals surface area contributed by atoms with Gasteiger partial charge in [0.2, 0.25) is 0 Å². The second-order valence-corrected chi connectivity index (χ2v) is 4.36. The maximum atomic E-state index is 11.7. The van der Waals surface area contributed by atoms with Crippen molar-refractivity contribution in [2.75, 3.05) is 7.05 Å². The van der Waals surface area contributed by atoms with Gasteiger partial charge in [0.25, 0.3) is 0 Å². The fraction of sp³-hybridized carbons (Fsp3) is 0.636. The Morgan fingerprint density at radius 2 is 2.11 bits per heavy atom. The van der Waals surface area contributed by atoms with Crippen LogP contribution < -0.4 is 5.32 Å². The van der Waals surface area contributed by atoms with Gasteiger partial charge < -0.3 is 25.4 Å². The van der Waals surface area contributed by atoms with E-state index in [0.717, 1.165) is 11.0 Å². The van der Waals surface area contributed by atoms with Gasteiger partial charge in [-0.2, -0.15) is 0 Å². The van der Waals surface area contributed by atoms with E-state index in [4.69, 9.17) is 20.1 Å². The third kappa shape index (κ3) is 3.74. The van der Waals surface area contributed by atoms with E-state index in [1.54, 1.807) is 6.92 Å². The molecule has 0 aromatic rings. The molecule has 108 valence electrons. The highest BCUT2D eigenvalue weighted by molar-refractivity contribution is 5.76. The molecule has 1 rings (SSSR count). The Morgan fingerprint density at radius 1 is 1.47 bits per heavy atom. The molecule has 0 spiro atoms. The van der Waals surface area contributed by atoms with Crippen molar-refractivity contribution >= 4 is 12.3 Å². The van der Waals surface area contributed by atoms with Gasteiger partial charge >= 0.3 is 12.0 Å². The lowest BCUT2D eigenvalue weighted by atomic mass is 10.0. The van der Waals surface area contributed by atoms with Crippen molar-refractivity contribution in [2.45, 2.75) is 31.6 Å². The molecular weight excluding hydrogens is 256 g/mol. The van der Waals surface area contributed by atoms with Gasteiger partial charge in [0.15, 0.2) is 0 Å². The smallest absolute Gasteiger partial charge is 0.323 e. The molecule has 4 N–H and O–H groups in total. The van der Waals surface area contributed by atoms with E-state index in [0.29, 0.717) is 6.29 Å². The molecule has 1 fully saturated rings. The predicted molar refractivity (Wildman–Crippen MR) is 63.3 cm³/mol. The first-order valence-corrected chi connectivity index (χ1v) is 5.75. The van der Waals surface area contributed by atoms with E-state index in [9.17, 15) is 9.59 Å². The third-order valence-corrected chi connectivity index (χ3v) is 2.86. The van der Waals surface area contributed by atoms with Crippen LogP contribution in [0.25, 0.3) is 0 Å². The van der Waals surface area contributed by atoms with Crippen LogP contribution in [0.4, 0.5) is 4.79 Å². The predicted octanol–water partition coefficient (Wildman–Crippen LogP) is -1.28. The molecule has 2 amide bonds. The second kappa shape index (κ2) is 6.11. The fourth-order valence-electron chi connectivity index (χ4n) is 1.93. The van der Waals surface area contributed by atoms with Gasteiger partial charge in [-0.05, 0) is 12.5 Å². The van der Waals surface area contributed by atoms with Crippen LogP contribution in [0.1, 0.15) is 13.3 Å². The molecule has 1 aliphatic heterocycles. The van der Waals surface area contributed by atoms with E-state index < -0.39 is 24.3 Å². The van der Waals surface area contributed by atoms with Gasteiger partial charge in [0.05, 0.1) is 0 Å². The number of carbonyl (C=O) groups excluding carboxylic acids is 2. The summed E-state index contributed by atoms with van der Waals surface area (Å²) in [6.07, 6.45) is 0.945. The van der Waals surface area contributed by atoms with Crippen LogP contribution in [0.5, 0.6) is 0 Å². The Kier molecular flexibility index (Phi) is 5.01. The Morgan fingerprint density at radius 3 is 2.53 bits per heavy atom. The fourth-order valence-corrected chi connectivity index (χ4v) is 1.93. The van der Waals surface area contributed by atoms with Crippen molar-refractivity contribution in [3.8, 4) is 0 Å². The molecule has 0 unspecified atom stereocenters. The van der Waals surface area contributed by atoms with Crippen LogP contribution in [0, 0.1) is 5.92 Å². The zero-order chi connectivity index (χ0) is 14.6. The van der Waals surface area contributed by atoms with Crippen molar-refractivity contribution in [1.82, 2.24) is 10.2 Å². The van der Waals surface area contributed by atoms with Gasteiger partial charge in [-0.1, -0.05) is 6.92 Å². The van der Waals surface area contributed by atoms with Gasteiger partial charge in [-0.25, -0.2) is 4.79 Å². The Balaban J connectivity index is 2.88. The number of nitrogens with one attached hydrogen (secondary N) is 1. The summed E-state index contributed by atoms with van der Waals surface area (Å²) in [4.78, 5) is 23.1. The molecule has 19 heavy (non-hydrogen) atoms. The molecule has 3 atom stereocenters. The number of nitrogens with zero attached hydrogens (tertiary/aromatic N) is 1. The van der Waals surface area contributed by atoms with Crippen molar-refractivity contribution in [3.63, 3.8) is 0 Å². The number of hydrogen-bond acceptors (Lipinski definition) is 6. The summed E-state index contributed by atoms with van der Waals surface area (Å²) in [6, 6.07) is -0.519. The standard InChI is InChI=1S/C11H18N2O6/c1-7-6-8(11(16,17)18)19-9(7)13(4-3-5-14)10(15)12-2/h3-5,7-9,16-18H,6H2,1-2H3,(H,12,15)/b4-3-/t7-,8-,9+/m0/s1. The van der Waals surface area contributed by atoms with Gasteiger partial charge in [0, 0.05) is 19.2 Å². The molecule has 0 aromatic carbocycles. The van der Waals surface area contributed by atoms with E-state index in [1.165, 1.54) is 13.2 Å². The Hall–Kier alpha value is -1.48. The SMILES string of the molecule is CNC(=O)N(/C=C\C=O)[C@@H]1O[C@H](C(O)(O)O)C[C@@H]1C. The van der Waals surface area contributed by atoms with Crippen LogP contribution >= 0.6 is 0 Å². The van der Waals surface area contributed by atoms with E-state index in [2.05, 4.69) is 5.32 Å². The van der Waals surface area contributed by atoms with Gasteiger partial charge in [-0.3, -0.25) is 9.69 Å². The number of aliphatic hydroxyl groups is 3. The molecular formula is C11H18N2O6. The summed E-state index contributed by atoms with van der Waals surface area (Å²) in [5.41, 5.74) is 0. The first-order valence-electron chi connectivity index (χ1n) is 5.75.